The number of rotatable bonds is 8. The van der Waals surface area contributed by atoms with Crippen LogP contribution in [0.1, 0.15) is 13.3 Å². The zero-order valence-electron chi connectivity index (χ0n) is 11.4. The third-order valence-corrected chi connectivity index (χ3v) is 2.88. The van der Waals surface area contributed by atoms with Crippen molar-refractivity contribution in [2.75, 3.05) is 46.9 Å². The highest BCUT2D eigenvalue weighted by molar-refractivity contribution is 6.05. The second-order valence-electron chi connectivity index (χ2n) is 4.60. The van der Waals surface area contributed by atoms with Crippen molar-refractivity contribution in [1.82, 2.24) is 15.1 Å². The van der Waals surface area contributed by atoms with E-state index >= 15 is 0 Å². The maximum atomic E-state index is 11.8. The molecule has 0 spiro atoms. The van der Waals surface area contributed by atoms with Gasteiger partial charge in [0.1, 0.15) is 0 Å². The number of nitrogens with one attached hydrogen (secondary N) is 1. The number of amides is 2. The molecule has 1 atom stereocenters. The van der Waals surface area contributed by atoms with Crippen LogP contribution >= 0.6 is 0 Å². The van der Waals surface area contributed by atoms with Crippen molar-refractivity contribution in [3.05, 3.63) is 0 Å². The standard InChI is InChI=1S/C12H23N3O3/c1-4-15-11(16)9-10(12(15)17)13-5-7-18-8-6-14(2)3/h10,13H,4-9H2,1-3H3. The molecule has 1 saturated heterocycles. The van der Waals surface area contributed by atoms with Gasteiger partial charge in [-0.05, 0) is 21.0 Å². The molecule has 1 rings (SSSR count). The van der Waals surface area contributed by atoms with E-state index in [0.29, 0.717) is 26.3 Å². The lowest BCUT2D eigenvalue weighted by molar-refractivity contribution is -0.138. The molecule has 1 fully saturated rings. The number of nitrogens with zero attached hydrogens (tertiary/aromatic N) is 2. The van der Waals surface area contributed by atoms with Crippen LogP contribution in [0.15, 0.2) is 0 Å². The molecule has 104 valence electrons. The number of likely N-dealkylation sites (tertiary alicyclic amines) is 1. The predicted molar refractivity (Wildman–Crippen MR) is 68.2 cm³/mol. The lowest BCUT2D eigenvalue weighted by Gasteiger charge is -2.13. The van der Waals surface area contributed by atoms with Crippen LogP contribution in [0.3, 0.4) is 0 Å². The van der Waals surface area contributed by atoms with E-state index in [1.807, 2.05) is 25.9 Å². The summed E-state index contributed by atoms with van der Waals surface area (Å²) in [6.07, 6.45) is 0.268. The summed E-state index contributed by atoms with van der Waals surface area (Å²) >= 11 is 0. The topological polar surface area (TPSA) is 61.9 Å². The first-order valence-electron chi connectivity index (χ1n) is 6.36. The fourth-order valence-corrected chi connectivity index (χ4v) is 1.83. The van der Waals surface area contributed by atoms with Gasteiger partial charge >= 0.3 is 0 Å². The Kier molecular flexibility index (Phi) is 6.24. The van der Waals surface area contributed by atoms with E-state index in [0.717, 1.165) is 6.54 Å². The Morgan fingerprint density at radius 1 is 1.39 bits per heavy atom. The van der Waals surface area contributed by atoms with Crippen molar-refractivity contribution in [2.24, 2.45) is 0 Å². The molecular weight excluding hydrogens is 234 g/mol. The van der Waals surface area contributed by atoms with Crippen LogP contribution < -0.4 is 5.32 Å². The first kappa shape index (κ1) is 15.1. The molecule has 6 nitrogen and oxygen atoms in total. The molecule has 18 heavy (non-hydrogen) atoms. The van der Waals surface area contributed by atoms with E-state index < -0.39 is 0 Å². The zero-order chi connectivity index (χ0) is 13.5. The number of carbonyl (C=O) groups is 2. The summed E-state index contributed by atoms with van der Waals surface area (Å²) < 4.78 is 5.41. The zero-order valence-corrected chi connectivity index (χ0v) is 11.4. The van der Waals surface area contributed by atoms with Gasteiger partial charge in [-0.25, -0.2) is 0 Å². The van der Waals surface area contributed by atoms with Gasteiger partial charge in [0.05, 0.1) is 25.7 Å². The van der Waals surface area contributed by atoms with Gasteiger partial charge in [-0.2, -0.15) is 0 Å². The molecule has 1 unspecified atom stereocenters. The van der Waals surface area contributed by atoms with E-state index in [4.69, 9.17) is 4.74 Å². The molecule has 0 aromatic heterocycles. The van der Waals surface area contributed by atoms with Gasteiger partial charge in [-0.1, -0.05) is 0 Å². The molecule has 1 aliphatic heterocycles. The van der Waals surface area contributed by atoms with Crippen molar-refractivity contribution in [3.8, 4) is 0 Å². The highest BCUT2D eigenvalue weighted by Crippen LogP contribution is 2.11. The number of likely N-dealkylation sites (N-methyl/N-ethyl adjacent to an activating group) is 2. The van der Waals surface area contributed by atoms with Crippen molar-refractivity contribution in [2.45, 2.75) is 19.4 Å². The van der Waals surface area contributed by atoms with Gasteiger partial charge in [0.25, 0.3) is 0 Å². The van der Waals surface area contributed by atoms with Gasteiger partial charge in [0.2, 0.25) is 11.8 Å². The second kappa shape index (κ2) is 7.45. The van der Waals surface area contributed by atoms with Crippen molar-refractivity contribution < 1.29 is 14.3 Å². The molecule has 6 heteroatoms. The Morgan fingerprint density at radius 2 is 2.11 bits per heavy atom. The average molecular weight is 257 g/mol. The molecule has 0 aromatic carbocycles. The lowest BCUT2D eigenvalue weighted by atomic mass is 10.2. The molecule has 1 N–H and O–H groups in total. The summed E-state index contributed by atoms with van der Waals surface area (Å²) in [6, 6.07) is -0.366. The van der Waals surface area contributed by atoms with Crippen molar-refractivity contribution >= 4 is 11.8 Å². The molecule has 0 aromatic rings. The normalized spacial score (nSPS) is 20.2. The Hall–Kier alpha value is -0.980. The van der Waals surface area contributed by atoms with Crippen LogP contribution in [0.4, 0.5) is 0 Å². The van der Waals surface area contributed by atoms with Crippen LogP contribution in [-0.2, 0) is 14.3 Å². The largest absolute Gasteiger partial charge is 0.379 e. The summed E-state index contributed by atoms with van der Waals surface area (Å²) in [5.41, 5.74) is 0. The first-order valence-corrected chi connectivity index (χ1v) is 6.36. The average Bonchev–Trinajstić information content (AvgIpc) is 2.58. The van der Waals surface area contributed by atoms with E-state index in [1.165, 1.54) is 4.90 Å². The molecule has 2 amide bonds. The third kappa shape index (κ3) is 4.36. The van der Waals surface area contributed by atoms with Crippen LogP contribution in [0.2, 0.25) is 0 Å². The highest BCUT2D eigenvalue weighted by atomic mass is 16.5. The number of ether oxygens (including phenoxy) is 1. The van der Waals surface area contributed by atoms with Gasteiger partial charge in [0.15, 0.2) is 0 Å². The van der Waals surface area contributed by atoms with E-state index in [1.54, 1.807) is 0 Å². The lowest BCUT2D eigenvalue weighted by Crippen LogP contribution is -2.40. The smallest absolute Gasteiger partial charge is 0.246 e. The fourth-order valence-electron chi connectivity index (χ4n) is 1.83. The predicted octanol–water partition coefficient (Wildman–Crippen LogP) is -0.698. The SMILES string of the molecule is CCN1C(=O)CC(NCCOCCN(C)C)C1=O. The molecular formula is C12H23N3O3. The van der Waals surface area contributed by atoms with E-state index in [-0.39, 0.29) is 24.3 Å². The molecule has 0 bridgehead atoms. The number of hydrogen-bond donors (Lipinski definition) is 1. The summed E-state index contributed by atoms with van der Waals surface area (Å²) in [7, 11) is 3.98. The van der Waals surface area contributed by atoms with Gasteiger partial charge in [-0.3, -0.25) is 14.5 Å². The van der Waals surface area contributed by atoms with E-state index in [2.05, 4.69) is 5.32 Å². The molecule has 1 aliphatic rings. The molecule has 0 aliphatic carbocycles. The Labute approximate surface area is 108 Å². The Morgan fingerprint density at radius 3 is 2.67 bits per heavy atom. The Balaban J connectivity index is 2.13. The second-order valence-corrected chi connectivity index (χ2v) is 4.60. The fraction of sp³-hybridized carbons (Fsp3) is 0.833. The monoisotopic (exact) mass is 257 g/mol. The van der Waals surface area contributed by atoms with Crippen molar-refractivity contribution in [3.63, 3.8) is 0 Å². The quantitative estimate of drug-likeness (QED) is 0.460. The first-order chi connectivity index (χ1) is 8.56. The number of imide groups is 1. The minimum Gasteiger partial charge on any atom is -0.379 e. The summed E-state index contributed by atoms with van der Waals surface area (Å²) in [4.78, 5) is 26.6. The number of carbonyl (C=O) groups excluding carboxylic acids is 2. The maximum Gasteiger partial charge on any atom is 0.246 e. The molecule has 0 radical (unpaired) electrons. The van der Waals surface area contributed by atoms with Gasteiger partial charge in [0, 0.05) is 19.6 Å². The van der Waals surface area contributed by atoms with E-state index in [9.17, 15) is 9.59 Å². The molecule has 0 saturated carbocycles. The summed E-state index contributed by atoms with van der Waals surface area (Å²) in [5.74, 6) is -0.204. The minimum absolute atomic E-state index is 0.0893. The summed E-state index contributed by atoms with van der Waals surface area (Å²) in [6.45, 7) is 4.96. The summed E-state index contributed by atoms with van der Waals surface area (Å²) in [5, 5.41) is 3.06. The number of hydrogen-bond acceptors (Lipinski definition) is 5. The minimum atomic E-state index is -0.366. The maximum absolute atomic E-state index is 11.8. The molecule has 1 heterocycles. The van der Waals surface area contributed by atoms with Crippen molar-refractivity contribution in [1.29, 1.82) is 0 Å². The van der Waals surface area contributed by atoms with Crippen LogP contribution in [0.5, 0.6) is 0 Å². The van der Waals surface area contributed by atoms with Crippen LogP contribution in [-0.4, -0.2) is 74.6 Å². The highest BCUT2D eigenvalue weighted by Gasteiger charge is 2.36. The van der Waals surface area contributed by atoms with Crippen LogP contribution in [0, 0.1) is 0 Å². The van der Waals surface area contributed by atoms with Crippen LogP contribution in [0.25, 0.3) is 0 Å². The van der Waals surface area contributed by atoms with Gasteiger partial charge < -0.3 is 15.0 Å². The van der Waals surface area contributed by atoms with Gasteiger partial charge in [-0.15, -0.1) is 0 Å². The Bertz CT molecular complexity index is 294. The third-order valence-electron chi connectivity index (χ3n) is 2.88.